The van der Waals surface area contributed by atoms with Gasteiger partial charge in [-0.2, -0.15) is 11.8 Å². The third-order valence-electron chi connectivity index (χ3n) is 6.61. The van der Waals surface area contributed by atoms with Crippen LogP contribution in [0.1, 0.15) is 56.1 Å². The standard InChI is InChI=1S/C23H34N4OS/c1-24-22(27-14-15-29-23(18-27)11-5-2-6-12-23)25-16-19-8-3-4-9-20(19)17-26-13-7-10-21(26)28/h3-4,8-9H,2,5-7,10-18H2,1H3,(H,24,25). The van der Waals surface area contributed by atoms with Gasteiger partial charge in [0.25, 0.3) is 0 Å². The second-order valence-corrected chi connectivity index (χ2v) is 10.2. The number of thioether (sulfide) groups is 1. The molecule has 158 valence electrons. The highest BCUT2D eigenvalue weighted by Crippen LogP contribution is 2.42. The zero-order valence-electron chi connectivity index (χ0n) is 17.7. The number of likely N-dealkylation sites (tertiary alicyclic amines) is 1. The number of nitrogens with one attached hydrogen (secondary N) is 1. The minimum absolute atomic E-state index is 0.284. The van der Waals surface area contributed by atoms with Crippen LogP contribution in [0, 0.1) is 0 Å². The average Bonchev–Trinajstić information content (AvgIpc) is 3.15. The SMILES string of the molecule is CN=C(NCc1ccccc1CN1CCCC1=O)N1CCSC2(CCCCC2)C1. The van der Waals surface area contributed by atoms with Gasteiger partial charge in [0.1, 0.15) is 0 Å². The van der Waals surface area contributed by atoms with Crippen LogP contribution in [0.5, 0.6) is 0 Å². The van der Waals surface area contributed by atoms with Gasteiger partial charge < -0.3 is 15.1 Å². The molecule has 1 spiro atoms. The van der Waals surface area contributed by atoms with E-state index in [1.54, 1.807) is 0 Å². The quantitative estimate of drug-likeness (QED) is 0.604. The van der Waals surface area contributed by atoms with Crippen LogP contribution in [0.25, 0.3) is 0 Å². The molecule has 0 unspecified atom stereocenters. The molecule has 1 saturated carbocycles. The lowest BCUT2D eigenvalue weighted by atomic mass is 9.87. The molecule has 5 nitrogen and oxygen atoms in total. The Morgan fingerprint density at radius 1 is 1.14 bits per heavy atom. The van der Waals surface area contributed by atoms with Gasteiger partial charge in [-0.1, -0.05) is 43.5 Å². The molecule has 0 radical (unpaired) electrons. The first-order valence-electron chi connectivity index (χ1n) is 11.1. The normalized spacial score (nSPS) is 22.4. The highest BCUT2D eigenvalue weighted by atomic mass is 32.2. The number of amides is 1. The number of hydrogen-bond donors (Lipinski definition) is 1. The van der Waals surface area contributed by atoms with Crippen molar-refractivity contribution in [2.75, 3.05) is 32.4 Å². The molecule has 2 saturated heterocycles. The molecule has 1 amide bonds. The van der Waals surface area contributed by atoms with E-state index in [1.807, 2.05) is 11.9 Å². The second-order valence-electron chi connectivity index (χ2n) is 8.60. The van der Waals surface area contributed by atoms with Crippen LogP contribution in [0.4, 0.5) is 0 Å². The van der Waals surface area contributed by atoms with Crippen molar-refractivity contribution in [3.63, 3.8) is 0 Å². The summed E-state index contributed by atoms with van der Waals surface area (Å²) in [6.07, 6.45) is 8.51. The summed E-state index contributed by atoms with van der Waals surface area (Å²) >= 11 is 2.19. The van der Waals surface area contributed by atoms with E-state index in [4.69, 9.17) is 0 Å². The van der Waals surface area contributed by atoms with Crippen molar-refractivity contribution < 1.29 is 4.79 Å². The summed E-state index contributed by atoms with van der Waals surface area (Å²) < 4.78 is 0.433. The number of carbonyl (C=O) groups excluding carboxylic acids is 1. The third-order valence-corrected chi connectivity index (χ3v) is 8.15. The Balaban J connectivity index is 1.39. The monoisotopic (exact) mass is 414 g/mol. The van der Waals surface area contributed by atoms with Gasteiger partial charge in [-0.15, -0.1) is 0 Å². The van der Waals surface area contributed by atoms with E-state index in [-0.39, 0.29) is 5.91 Å². The molecule has 2 aliphatic heterocycles. The van der Waals surface area contributed by atoms with Crippen molar-refractivity contribution in [2.45, 2.75) is 62.8 Å². The predicted molar refractivity (Wildman–Crippen MR) is 121 cm³/mol. The Kier molecular flexibility index (Phi) is 6.68. The summed E-state index contributed by atoms with van der Waals surface area (Å²) in [6.45, 7) is 4.54. The van der Waals surface area contributed by atoms with Crippen LogP contribution < -0.4 is 5.32 Å². The lowest BCUT2D eigenvalue weighted by molar-refractivity contribution is -0.128. The minimum Gasteiger partial charge on any atom is -0.352 e. The van der Waals surface area contributed by atoms with Gasteiger partial charge >= 0.3 is 0 Å². The van der Waals surface area contributed by atoms with Crippen LogP contribution in [0.3, 0.4) is 0 Å². The number of benzene rings is 1. The van der Waals surface area contributed by atoms with Crippen LogP contribution in [-0.2, 0) is 17.9 Å². The summed E-state index contributed by atoms with van der Waals surface area (Å²) in [5, 5.41) is 3.62. The molecule has 6 heteroatoms. The Hall–Kier alpha value is -1.69. The first kappa shape index (κ1) is 20.6. The predicted octanol–water partition coefficient (Wildman–Crippen LogP) is 3.64. The topological polar surface area (TPSA) is 47.9 Å². The van der Waals surface area contributed by atoms with Crippen LogP contribution in [-0.4, -0.2) is 58.8 Å². The lowest BCUT2D eigenvalue weighted by Crippen LogP contribution is -2.53. The van der Waals surface area contributed by atoms with E-state index in [1.165, 1.54) is 49.0 Å². The Labute approximate surface area is 179 Å². The fourth-order valence-corrected chi connectivity index (χ4v) is 6.56. The number of nitrogens with zero attached hydrogens (tertiary/aromatic N) is 3. The average molecular weight is 415 g/mol. The maximum absolute atomic E-state index is 12.0. The molecular formula is C23H34N4OS. The summed E-state index contributed by atoms with van der Waals surface area (Å²) in [7, 11) is 1.90. The van der Waals surface area contributed by atoms with Gasteiger partial charge in [0.05, 0.1) is 0 Å². The molecule has 1 N–H and O–H groups in total. The highest BCUT2D eigenvalue weighted by Gasteiger charge is 2.38. The largest absolute Gasteiger partial charge is 0.352 e. The molecule has 0 atom stereocenters. The number of carbonyl (C=O) groups is 1. The zero-order chi connectivity index (χ0) is 20.1. The fraction of sp³-hybridized carbons (Fsp3) is 0.652. The molecule has 0 bridgehead atoms. The van der Waals surface area contributed by atoms with Crippen molar-refractivity contribution in [2.24, 2.45) is 4.99 Å². The smallest absolute Gasteiger partial charge is 0.222 e. The van der Waals surface area contributed by atoms with Crippen molar-refractivity contribution in [3.05, 3.63) is 35.4 Å². The van der Waals surface area contributed by atoms with E-state index in [9.17, 15) is 4.79 Å². The van der Waals surface area contributed by atoms with Gasteiger partial charge in [-0.05, 0) is 30.4 Å². The molecule has 3 fully saturated rings. The molecule has 3 aliphatic rings. The summed E-state index contributed by atoms with van der Waals surface area (Å²) in [5.41, 5.74) is 2.50. The van der Waals surface area contributed by atoms with Gasteiger partial charge in [-0.25, -0.2) is 0 Å². The number of rotatable bonds is 4. The Morgan fingerprint density at radius 2 is 1.93 bits per heavy atom. The van der Waals surface area contributed by atoms with Gasteiger partial charge in [0.2, 0.25) is 5.91 Å². The number of hydrogen-bond acceptors (Lipinski definition) is 3. The molecule has 1 aromatic carbocycles. The van der Waals surface area contributed by atoms with E-state index in [0.29, 0.717) is 11.2 Å². The summed E-state index contributed by atoms with van der Waals surface area (Å²) in [4.78, 5) is 21.1. The first-order valence-corrected chi connectivity index (χ1v) is 12.1. The van der Waals surface area contributed by atoms with Gasteiger partial charge in [-0.3, -0.25) is 9.79 Å². The van der Waals surface area contributed by atoms with Crippen molar-refractivity contribution in [3.8, 4) is 0 Å². The summed E-state index contributed by atoms with van der Waals surface area (Å²) in [5.74, 6) is 2.49. The third kappa shape index (κ3) is 4.90. The number of guanidine groups is 1. The second kappa shape index (κ2) is 9.41. The molecule has 29 heavy (non-hydrogen) atoms. The maximum atomic E-state index is 12.0. The number of aliphatic imine (C=N–C) groups is 1. The van der Waals surface area contributed by atoms with E-state index < -0.39 is 0 Å². The van der Waals surface area contributed by atoms with Crippen molar-refractivity contribution in [1.29, 1.82) is 0 Å². The minimum atomic E-state index is 0.284. The maximum Gasteiger partial charge on any atom is 0.222 e. The zero-order valence-corrected chi connectivity index (χ0v) is 18.5. The molecule has 0 aromatic heterocycles. The fourth-order valence-electron chi connectivity index (χ4n) is 4.99. The van der Waals surface area contributed by atoms with E-state index in [0.717, 1.165) is 45.1 Å². The van der Waals surface area contributed by atoms with Crippen molar-refractivity contribution >= 4 is 23.6 Å². The van der Waals surface area contributed by atoms with Crippen LogP contribution >= 0.6 is 11.8 Å². The van der Waals surface area contributed by atoms with E-state index >= 15 is 0 Å². The van der Waals surface area contributed by atoms with Crippen LogP contribution in [0.2, 0.25) is 0 Å². The highest BCUT2D eigenvalue weighted by molar-refractivity contribution is 8.00. The first-order chi connectivity index (χ1) is 14.2. The van der Waals surface area contributed by atoms with Gasteiger partial charge in [0, 0.05) is 56.7 Å². The van der Waals surface area contributed by atoms with E-state index in [2.05, 4.69) is 51.2 Å². The van der Waals surface area contributed by atoms with Crippen molar-refractivity contribution in [1.82, 2.24) is 15.1 Å². The summed E-state index contributed by atoms with van der Waals surface area (Å²) in [6, 6.07) is 8.48. The molecule has 1 aliphatic carbocycles. The molecule has 4 rings (SSSR count). The van der Waals surface area contributed by atoms with Gasteiger partial charge in [0.15, 0.2) is 5.96 Å². The lowest BCUT2D eigenvalue weighted by Gasteiger charge is -2.45. The van der Waals surface area contributed by atoms with Crippen LogP contribution in [0.15, 0.2) is 29.3 Å². The Morgan fingerprint density at radius 3 is 2.66 bits per heavy atom. The Bertz CT molecular complexity index is 739. The molecular weight excluding hydrogens is 380 g/mol. The molecule has 1 aromatic rings. The molecule has 2 heterocycles.